The zero-order valence-corrected chi connectivity index (χ0v) is 27.0. The molecule has 2 heterocycles. The van der Waals surface area contributed by atoms with Gasteiger partial charge in [-0.2, -0.15) is 0 Å². The third-order valence-corrected chi connectivity index (χ3v) is 9.79. The predicted molar refractivity (Wildman–Crippen MR) is 175 cm³/mol. The van der Waals surface area contributed by atoms with Crippen molar-refractivity contribution in [3.63, 3.8) is 0 Å². The summed E-state index contributed by atoms with van der Waals surface area (Å²) < 4.78 is 30.3. The van der Waals surface area contributed by atoms with E-state index in [0.717, 1.165) is 54.3 Å². The van der Waals surface area contributed by atoms with Crippen LogP contribution >= 0.6 is 0 Å². The molecule has 1 aliphatic rings. The maximum absolute atomic E-state index is 13.9. The van der Waals surface area contributed by atoms with Crippen LogP contribution in [0.1, 0.15) is 57.1 Å². The Labute approximate surface area is 266 Å². The zero-order valence-electron chi connectivity index (χ0n) is 26.2. The van der Waals surface area contributed by atoms with Crippen LogP contribution in [0.5, 0.6) is 0 Å². The number of benzene rings is 2. The Bertz CT molecular complexity index is 1550. The first-order valence-corrected chi connectivity index (χ1v) is 17.6. The van der Waals surface area contributed by atoms with Crippen molar-refractivity contribution >= 4 is 38.7 Å². The topological polar surface area (TPSA) is 147 Å². The zero-order chi connectivity index (χ0) is 32.4. The Kier molecular flexibility index (Phi) is 12.2. The van der Waals surface area contributed by atoms with Gasteiger partial charge in [-0.3, -0.25) is 14.4 Å². The van der Waals surface area contributed by atoms with Crippen LogP contribution in [0.15, 0.2) is 60.8 Å². The molecule has 0 aliphatic carbocycles. The van der Waals surface area contributed by atoms with Crippen LogP contribution in [0.4, 0.5) is 0 Å². The van der Waals surface area contributed by atoms with E-state index in [2.05, 4.69) is 26.0 Å². The monoisotopic (exact) mass is 638 g/mol. The van der Waals surface area contributed by atoms with Crippen LogP contribution in [-0.4, -0.2) is 60.8 Å². The first kappa shape index (κ1) is 34.2. The summed E-state index contributed by atoms with van der Waals surface area (Å²) in [6.07, 6.45) is 6.64. The third kappa shape index (κ3) is 9.89. The molecule has 0 saturated heterocycles. The number of sulfonamides is 1. The molecule has 2 aromatic carbocycles. The second kappa shape index (κ2) is 16.0. The molecule has 0 spiro atoms. The number of carboxylic acids is 1. The van der Waals surface area contributed by atoms with Gasteiger partial charge in [0.2, 0.25) is 21.8 Å². The number of rotatable bonds is 12. The summed E-state index contributed by atoms with van der Waals surface area (Å²) in [6.45, 7) is 4.68. The Balaban J connectivity index is 1.54. The molecule has 1 unspecified atom stereocenters. The molecule has 3 aromatic rings. The molecule has 4 rings (SSSR count). The number of para-hydroxylation sites is 1. The van der Waals surface area contributed by atoms with Crippen molar-refractivity contribution in [2.45, 2.75) is 71.4 Å². The highest BCUT2D eigenvalue weighted by Gasteiger charge is 2.37. The predicted octanol–water partition coefficient (Wildman–Crippen LogP) is 3.88. The molecule has 3 atom stereocenters. The maximum atomic E-state index is 13.9. The molecular weight excluding hydrogens is 592 g/mol. The molecule has 244 valence electrons. The van der Waals surface area contributed by atoms with E-state index in [1.807, 2.05) is 68.6 Å². The fourth-order valence-electron chi connectivity index (χ4n) is 6.02. The summed E-state index contributed by atoms with van der Waals surface area (Å²) in [5.74, 6) is -4.81. The van der Waals surface area contributed by atoms with Crippen LogP contribution in [0.25, 0.3) is 10.9 Å². The van der Waals surface area contributed by atoms with Crippen LogP contribution in [-0.2, 0) is 43.8 Å². The number of fused-ring (bicyclic) bond motifs is 5. The maximum Gasteiger partial charge on any atom is 0.308 e. The minimum absolute atomic E-state index is 0.0517. The van der Waals surface area contributed by atoms with Gasteiger partial charge in [-0.25, -0.2) is 13.1 Å². The lowest BCUT2D eigenvalue weighted by Crippen LogP contribution is -2.52. The Hall–Kier alpha value is -3.70. The second-order valence-electron chi connectivity index (χ2n) is 12.4. The molecule has 0 saturated carbocycles. The smallest absolute Gasteiger partial charge is 0.308 e. The van der Waals surface area contributed by atoms with Crippen molar-refractivity contribution in [2.75, 3.05) is 18.8 Å². The van der Waals surface area contributed by atoms with E-state index in [-0.39, 0.29) is 36.8 Å². The number of nitrogens with zero attached hydrogens (tertiary/aromatic N) is 1. The van der Waals surface area contributed by atoms with E-state index in [4.69, 9.17) is 0 Å². The normalized spacial score (nSPS) is 17.8. The summed E-state index contributed by atoms with van der Waals surface area (Å²) in [4.78, 5) is 39.9. The van der Waals surface area contributed by atoms with Gasteiger partial charge in [0.15, 0.2) is 0 Å². The number of hydrogen-bond donors (Lipinski definition) is 4. The van der Waals surface area contributed by atoms with Gasteiger partial charge in [0.05, 0.1) is 17.6 Å². The molecule has 45 heavy (non-hydrogen) atoms. The first-order valence-electron chi connectivity index (χ1n) is 15.9. The molecular formula is C34H46N4O6S. The van der Waals surface area contributed by atoms with Crippen molar-refractivity contribution in [1.29, 1.82) is 0 Å². The lowest BCUT2D eigenvalue weighted by atomic mass is 9.84. The molecule has 2 amide bonds. The number of carboxylic acid groups (broad SMARTS) is 1. The standard InChI is InChI=1S/C34H46N4O6S/c1-24(2)20-28(29(34(41)42)22-36-45(43,44)19-16-25-12-6-5-7-13-25)32(39)37-30-21-26-23-38(31-15-9-8-14-27(26)31)18-11-4-3-10-17-35-33(30)40/h5-9,12-15,23-24,28-30,36H,3-4,10-11,16-22H2,1-2H3,(H,35,40)(H,37,39)(H,41,42)/t28-,29?,30+/m1/s1. The summed E-state index contributed by atoms with van der Waals surface area (Å²) >= 11 is 0. The molecule has 4 N–H and O–H groups in total. The van der Waals surface area contributed by atoms with Gasteiger partial charge in [-0.05, 0) is 48.8 Å². The van der Waals surface area contributed by atoms with Gasteiger partial charge in [-0.1, -0.05) is 75.2 Å². The van der Waals surface area contributed by atoms with E-state index in [9.17, 15) is 27.9 Å². The number of hydrogen-bond acceptors (Lipinski definition) is 5. The van der Waals surface area contributed by atoms with E-state index < -0.39 is 46.3 Å². The molecule has 0 fully saturated rings. The van der Waals surface area contributed by atoms with Gasteiger partial charge < -0.3 is 20.3 Å². The van der Waals surface area contributed by atoms with Gasteiger partial charge >= 0.3 is 5.97 Å². The number of aryl methyl sites for hydroxylation is 2. The summed E-state index contributed by atoms with van der Waals surface area (Å²) in [5, 5.41) is 17.0. The molecule has 1 aliphatic heterocycles. The Morgan fingerprint density at radius 3 is 2.44 bits per heavy atom. The Morgan fingerprint density at radius 1 is 1.00 bits per heavy atom. The number of amides is 2. The molecule has 0 radical (unpaired) electrons. The minimum Gasteiger partial charge on any atom is -0.481 e. The van der Waals surface area contributed by atoms with Crippen molar-refractivity contribution in [1.82, 2.24) is 19.9 Å². The fourth-order valence-corrected chi connectivity index (χ4v) is 7.11. The van der Waals surface area contributed by atoms with Gasteiger partial charge in [0.25, 0.3) is 0 Å². The molecule has 10 nitrogen and oxygen atoms in total. The summed E-state index contributed by atoms with van der Waals surface area (Å²) in [7, 11) is -3.81. The SMILES string of the molecule is CC(C)C[C@@H](C(=O)N[C@H]1Cc2cn(c3ccccc23)CCCCCCNC1=O)C(CNS(=O)(=O)CCc1ccccc1)C(=O)O. The van der Waals surface area contributed by atoms with Crippen LogP contribution in [0.2, 0.25) is 0 Å². The van der Waals surface area contributed by atoms with E-state index in [1.54, 1.807) is 0 Å². The van der Waals surface area contributed by atoms with Crippen LogP contribution < -0.4 is 15.4 Å². The molecule has 2 bridgehead atoms. The minimum atomic E-state index is -3.81. The molecule has 1 aromatic heterocycles. The average Bonchev–Trinajstić information content (AvgIpc) is 3.36. The Morgan fingerprint density at radius 2 is 1.71 bits per heavy atom. The summed E-state index contributed by atoms with van der Waals surface area (Å²) in [5.41, 5.74) is 2.84. The van der Waals surface area contributed by atoms with Crippen LogP contribution in [0.3, 0.4) is 0 Å². The van der Waals surface area contributed by atoms with Gasteiger partial charge in [0.1, 0.15) is 6.04 Å². The number of aromatic nitrogens is 1. The number of aliphatic carboxylic acids is 1. The quantitative estimate of drug-likeness (QED) is 0.237. The lowest BCUT2D eigenvalue weighted by Gasteiger charge is -2.27. The number of carbonyl (C=O) groups excluding carboxylic acids is 2. The van der Waals surface area contributed by atoms with Crippen molar-refractivity contribution in [2.24, 2.45) is 17.8 Å². The van der Waals surface area contributed by atoms with Gasteiger partial charge in [0, 0.05) is 43.2 Å². The van der Waals surface area contributed by atoms with E-state index in [1.165, 1.54) is 0 Å². The highest BCUT2D eigenvalue weighted by Crippen LogP contribution is 2.25. The average molecular weight is 639 g/mol. The largest absolute Gasteiger partial charge is 0.481 e. The van der Waals surface area contributed by atoms with Crippen molar-refractivity contribution < 1.29 is 27.9 Å². The van der Waals surface area contributed by atoms with Crippen molar-refractivity contribution in [3.05, 3.63) is 71.9 Å². The molecule has 11 heteroatoms. The number of carbonyl (C=O) groups is 3. The highest BCUT2D eigenvalue weighted by atomic mass is 32.2. The summed E-state index contributed by atoms with van der Waals surface area (Å²) in [6, 6.07) is 16.2. The third-order valence-electron chi connectivity index (χ3n) is 8.44. The first-order chi connectivity index (χ1) is 21.5. The number of nitrogens with one attached hydrogen (secondary N) is 3. The van der Waals surface area contributed by atoms with E-state index in [0.29, 0.717) is 6.54 Å². The van der Waals surface area contributed by atoms with E-state index >= 15 is 0 Å². The fraction of sp³-hybridized carbons (Fsp3) is 0.500. The van der Waals surface area contributed by atoms with Crippen molar-refractivity contribution in [3.8, 4) is 0 Å². The van der Waals surface area contributed by atoms with Crippen LogP contribution in [0, 0.1) is 17.8 Å². The highest BCUT2D eigenvalue weighted by molar-refractivity contribution is 7.89. The lowest BCUT2D eigenvalue weighted by molar-refractivity contribution is -0.147. The van der Waals surface area contributed by atoms with Gasteiger partial charge in [-0.15, -0.1) is 0 Å². The second-order valence-corrected chi connectivity index (χ2v) is 14.3.